The Hall–Kier alpha value is -1.43. The molecule has 2 fully saturated rings. The number of rotatable bonds is 5. The highest BCUT2D eigenvalue weighted by molar-refractivity contribution is 5.82. The van der Waals surface area contributed by atoms with Gasteiger partial charge in [-0.3, -0.25) is 9.69 Å². The van der Waals surface area contributed by atoms with Crippen LogP contribution in [0.15, 0.2) is 30.3 Å². The van der Waals surface area contributed by atoms with Crippen molar-refractivity contribution in [3.05, 3.63) is 35.9 Å². The molecule has 0 bridgehead atoms. The van der Waals surface area contributed by atoms with Crippen molar-refractivity contribution in [2.24, 2.45) is 0 Å². The van der Waals surface area contributed by atoms with E-state index in [2.05, 4.69) is 40.5 Å². The van der Waals surface area contributed by atoms with Gasteiger partial charge in [-0.1, -0.05) is 36.8 Å². The third kappa shape index (κ3) is 4.56. The van der Waals surface area contributed by atoms with Crippen molar-refractivity contribution in [2.45, 2.75) is 37.9 Å². The fraction of sp³-hybridized carbons (Fsp3) is 0.632. The molecule has 1 N–H and O–H groups in total. The van der Waals surface area contributed by atoms with Crippen molar-refractivity contribution in [1.29, 1.82) is 0 Å². The maximum Gasteiger partial charge on any atom is 0.241 e. The van der Waals surface area contributed by atoms with Crippen molar-refractivity contribution in [3.63, 3.8) is 0 Å². The van der Waals surface area contributed by atoms with Gasteiger partial charge >= 0.3 is 0 Å². The monoisotopic (exact) mass is 331 g/mol. The fourth-order valence-corrected chi connectivity index (χ4v) is 3.69. The molecule has 1 amide bonds. The van der Waals surface area contributed by atoms with Crippen LogP contribution in [0.2, 0.25) is 0 Å². The van der Waals surface area contributed by atoms with Crippen LogP contribution in [0.1, 0.15) is 24.8 Å². The molecule has 24 heavy (non-hydrogen) atoms. The first-order valence-corrected chi connectivity index (χ1v) is 9.08. The summed E-state index contributed by atoms with van der Waals surface area (Å²) in [7, 11) is 1.92. The van der Waals surface area contributed by atoms with E-state index >= 15 is 0 Å². The second-order valence-electron chi connectivity index (χ2n) is 6.91. The zero-order valence-corrected chi connectivity index (χ0v) is 14.6. The molecular weight excluding hydrogens is 302 g/mol. The molecule has 1 aromatic carbocycles. The maximum atomic E-state index is 12.6. The van der Waals surface area contributed by atoms with E-state index in [0.29, 0.717) is 19.3 Å². The number of carbonyl (C=O) groups excluding carboxylic acids is 1. The molecule has 5 heteroatoms. The number of nitrogens with one attached hydrogen (secondary N) is 1. The molecule has 132 valence electrons. The van der Waals surface area contributed by atoms with E-state index in [9.17, 15) is 4.79 Å². The average molecular weight is 331 g/mol. The molecule has 1 aromatic rings. The molecule has 5 nitrogen and oxygen atoms in total. The molecule has 2 saturated heterocycles. The summed E-state index contributed by atoms with van der Waals surface area (Å²) in [6.07, 6.45) is 3.67. The molecule has 0 spiro atoms. The molecule has 0 aromatic heterocycles. The minimum Gasteiger partial charge on any atom is -0.378 e. The first kappa shape index (κ1) is 17.4. The van der Waals surface area contributed by atoms with Crippen molar-refractivity contribution >= 4 is 5.91 Å². The first-order valence-electron chi connectivity index (χ1n) is 9.08. The van der Waals surface area contributed by atoms with E-state index in [-0.39, 0.29) is 11.9 Å². The van der Waals surface area contributed by atoms with Crippen molar-refractivity contribution < 1.29 is 9.53 Å². The molecule has 0 radical (unpaired) electrons. The number of nitrogens with zero attached hydrogens (tertiary/aromatic N) is 2. The van der Waals surface area contributed by atoms with E-state index < -0.39 is 0 Å². The molecule has 3 rings (SSSR count). The van der Waals surface area contributed by atoms with Crippen LogP contribution in [-0.2, 0) is 16.1 Å². The molecule has 2 atom stereocenters. The third-order valence-corrected chi connectivity index (χ3v) is 5.06. The minimum absolute atomic E-state index is 0.153. The highest BCUT2D eigenvalue weighted by atomic mass is 16.5. The number of ether oxygens (including phenoxy) is 1. The number of carbonyl (C=O) groups is 1. The Balaban J connectivity index is 1.57. The highest BCUT2D eigenvalue weighted by Gasteiger charge is 2.29. The molecule has 0 aliphatic carbocycles. The molecule has 1 unspecified atom stereocenters. The van der Waals surface area contributed by atoms with Crippen LogP contribution in [0, 0.1) is 0 Å². The molecule has 2 aliphatic rings. The van der Waals surface area contributed by atoms with Gasteiger partial charge < -0.3 is 15.0 Å². The number of hydrogen-bond acceptors (Lipinski definition) is 4. The van der Waals surface area contributed by atoms with Gasteiger partial charge in [0.15, 0.2) is 0 Å². The summed E-state index contributed by atoms with van der Waals surface area (Å²) in [5, 5.41) is 3.26. The Kier molecular flexibility index (Phi) is 6.24. The summed E-state index contributed by atoms with van der Waals surface area (Å²) in [6, 6.07) is 10.9. The highest BCUT2D eigenvalue weighted by Crippen LogP contribution is 2.20. The number of hydrogen-bond donors (Lipinski definition) is 1. The Morgan fingerprint density at radius 2 is 2.17 bits per heavy atom. The van der Waals surface area contributed by atoms with Crippen molar-refractivity contribution in [1.82, 2.24) is 15.1 Å². The molecule has 2 heterocycles. The quantitative estimate of drug-likeness (QED) is 0.888. The van der Waals surface area contributed by atoms with Gasteiger partial charge in [0, 0.05) is 32.7 Å². The SMILES string of the molecule is CN(C[C@H]1CCCCN1Cc1ccccc1)C(=O)C1COCCN1. The molecule has 0 saturated carbocycles. The van der Waals surface area contributed by atoms with E-state index in [1.807, 2.05) is 11.9 Å². The van der Waals surface area contributed by atoms with Gasteiger partial charge in [0.05, 0.1) is 13.2 Å². The number of likely N-dealkylation sites (tertiary alicyclic amines) is 1. The number of piperidine rings is 1. The van der Waals surface area contributed by atoms with Crippen LogP contribution >= 0.6 is 0 Å². The van der Waals surface area contributed by atoms with Gasteiger partial charge in [0.25, 0.3) is 0 Å². The van der Waals surface area contributed by atoms with Gasteiger partial charge in [0.2, 0.25) is 5.91 Å². The zero-order valence-electron chi connectivity index (χ0n) is 14.6. The van der Waals surface area contributed by atoms with Crippen molar-refractivity contribution in [2.75, 3.05) is 39.9 Å². The number of morpholine rings is 1. The predicted octanol–water partition coefficient (Wildman–Crippen LogP) is 1.49. The molecular formula is C19H29N3O2. The predicted molar refractivity (Wildman–Crippen MR) is 94.7 cm³/mol. The number of amides is 1. The second kappa shape index (κ2) is 8.60. The van der Waals surface area contributed by atoms with E-state index in [1.165, 1.54) is 24.8 Å². The number of likely N-dealkylation sites (N-methyl/N-ethyl adjacent to an activating group) is 1. The van der Waals surface area contributed by atoms with Gasteiger partial charge in [-0.15, -0.1) is 0 Å². The van der Waals surface area contributed by atoms with E-state index in [1.54, 1.807) is 0 Å². The Labute approximate surface area is 145 Å². The van der Waals surface area contributed by atoms with Crippen LogP contribution in [0.25, 0.3) is 0 Å². The first-order chi connectivity index (χ1) is 11.7. The Bertz CT molecular complexity index is 517. The van der Waals surface area contributed by atoms with Crippen LogP contribution < -0.4 is 5.32 Å². The lowest BCUT2D eigenvalue weighted by Crippen LogP contribution is -2.54. The fourth-order valence-electron chi connectivity index (χ4n) is 3.69. The summed E-state index contributed by atoms with van der Waals surface area (Å²) in [4.78, 5) is 17.0. The lowest BCUT2D eigenvalue weighted by molar-refractivity contribution is -0.136. The van der Waals surface area contributed by atoms with E-state index in [4.69, 9.17) is 4.74 Å². The Morgan fingerprint density at radius 1 is 1.33 bits per heavy atom. The lowest BCUT2D eigenvalue weighted by Gasteiger charge is -2.38. The normalized spacial score (nSPS) is 25.4. The summed E-state index contributed by atoms with van der Waals surface area (Å²) in [5.74, 6) is 0.153. The molecule has 2 aliphatic heterocycles. The third-order valence-electron chi connectivity index (χ3n) is 5.06. The standard InChI is InChI=1S/C19H29N3O2/c1-21(19(23)18-15-24-12-10-20-18)14-17-9-5-6-11-22(17)13-16-7-3-2-4-8-16/h2-4,7-8,17-18,20H,5-6,9-15H2,1H3/t17-,18?/m1/s1. The summed E-state index contributed by atoms with van der Waals surface area (Å²) >= 11 is 0. The van der Waals surface area contributed by atoms with Crippen LogP contribution in [-0.4, -0.2) is 67.7 Å². The van der Waals surface area contributed by atoms with Crippen molar-refractivity contribution in [3.8, 4) is 0 Å². The zero-order chi connectivity index (χ0) is 16.8. The van der Waals surface area contributed by atoms with Crippen LogP contribution in [0.4, 0.5) is 0 Å². The smallest absolute Gasteiger partial charge is 0.241 e. The largest absolute Gasteiger partial charge is 0.378 e. The Morgan fingerprint density at radius 3 is 2.92 bits per heavy atom. The average Bonchev–Trinajstić information content (AvgIpc) is 2.64. The van der Waals surface area contributed by atoms with Crippen LogP contribution in [0.3, 0.4) is 0 Å². The van der Waals surface area contributed by atoms with Gasteiger partial charge in [-0.25, -0.2) is 0 Å². The maximum absolute atomic E-state index is 12.6. The minimum atomic E-state index is -0.185. The van der Waals surface area contributed by atoms with Gasteiger partial charge in [-0.2, -0.15) is 0 Å². The van der Waals surface area contributed by atoms with Crippen LogP contribution in [0.5, 0.6) is 0 Å². The van der Waals surface area contributed by atoms with Gasteiger partial charge in [0.1, 0.15) is 6.04 Å². The second-order valence-corrected chi connectivity index (χ2v) is 6.91. The van der Waals surface area contributed by atoms with E-state index in [0.717, 1.165) is 26.2 Å². The topological polar surface area (TPSA) is 44.8 Å². The summed E-state index contributed by atoms with van der Waals surface area (Å²) < 4.78 is 5.42. The number of benzene rings is 1. The van der Waals surface area contributed by atoms with Gasteiger partial charge in [-0.05, 0) is 24.9 Å². The summed E-state index contributed by atoms with van der Waals surface area (Å²) in [6.45, 7) is 4.82. The summed E-state index contributed by atoms with van der Waals surface area (Å²) in [5.41, 5.74) is 1.35. The lowest BCUT2D eigenvalue weighted by atomic mass is 10.0.